The van der Waals surface area contributed by atoms with Crippen LogP contribution in [0.5, 0.6) is 0 Å². The summed E-state index contributed by atoms with van der Waals surface area (Å²) in [6, 6.07) is 6.86. The summed E-state index contributed by atoms with van der Waals surface area (Å²) in [5.74, 6) is -0.333. The Morgan fingerprint density at radius 1 is 1.42 bits per heavy atom. The van der Waals surface area contributed by atoms with Gasteiger partial charge in [0.25, 0.3) is 0 Å². The van der Waals surface area contributed by atoms with Gasteiger partial charge in [-0.3, -0.25) is 0 Å². The number of thiocarbonyl (C=S) groups is 1. The first-order valence-electron chi connectivity index (χ1n) is 6.00. The van der Waals surface area contributed by atoms with Crippen LogP contribution in [0, 0.1) is 5.82 Å². The van der Waals surface area contributed by atoms with E-state index in [1.54, 1.807) is 23.5 Å². The Morgan fingerprint density at radius 2 is 2.21 bits per heavy atom. The van der Waals surface area contributed by atoms with Crippen LogP contribution in [-0.4, -0.2) is 4.99 Å². The maximum Gasteiger partial charge on any atom is 0.146 e. The van der Waals surface area contributed by atoms with Crippen LogP contribution in [0.2, 0.25) is 0 Å². The lowest BCUT2D eigenvalue weighted by Gasteiger charge is -2.09. The average Bonchev–Trinajstić information content (AvgIpc) is 2.84. The number of rotatable bonds is 5. The van der Waals surface area contributed by atoms with Gasteiger partial charge in [0.1, 0.15) is 10.8 Å². The second-order valence-corrected chi connectivity index (χ2v) is 5.58. The van der Waals surface area contributed by atoms with Crippen molar-refractivity contribution in [3.8, 4) is 0 Å². The van der Waals surface area contributed by atoms with Gasteiger partial charge in [0.2, 0.25) is 0 Å². The van der Waals surface area contributed by atoms with Gasteiger partial charge >= 0.3 is 0 Å². The Labute approximate surface area is 121 Å². The van der Waals surface area contributed by atoms with E-state index in [2.05, 4.69) is 23.7 Å². The molecule has 5 heteroatoms. The molecule has 2 rings (SSSR count). The van der Waals surface area contributed by atoms with E-state index in [-0.39, 0.29) is 10.8 Å². The van der Waals surface area contributed by atoms with Gasteiger partial charge in [-0.15, -0.1) is 11.3 Å². The zero-order chi connectivity index (χ0) is 13.8. The Balaban J connectivity index is 2.10. The van der Waals surface area contributed by atoms with E-state index in [9.17, 15) is 4.39 Å². The van der Waals surface area contributed by atoms with E-state index < -0.39 is 0 Å². The van der Waals surface area contributed by atoms with Gasteiger partial charge in [0.15, 0.2) is 0 Å². The van der Waals surface area contributed by atoms with Crippen LogP contribution in [0.15, 0.2) is 29.6 Å². The van der Waals surface area contributed by atoms with Crippen LogP contribution in [0.4, 0.5) is 10.1 Å². The van der Waals surface area contributed by atoms with Crippen molar-refractivity contribution in [2.75, 3.05) is 5.32 Å². The van der Waals surface area contributed by atoms with Crippen LogP contribution in [-0.2, 0) is 13.0 Å². The topological polar surface area (TPSA) is 38.0 Å². The highest BCUT2D eigenvalue weighted by atomic mass is 32.1. The summed E-state index contributed by atoms with van der Waals surface area (Å²) >= 11 is 6.50. The van der Waals surface area contributed by atoms with E-state index in [0.29, 0.717) is 17.8 Å². The molecule has 19 heavy (non-hydrogen) atoms. The third kappa shape index (κ3) is 3.30. The predicted molar refractivity (Wildman–Crippen MR) is 83.3 cm³/mol. The van der Waals surface area contributed by atoms with Crippen LogP contribution < -0.4 is 11.1 Å². The van der Waals surface area contributed by atoms with Gasteiger partial charge in [0.05, 0.1) is 5.69 Å². The molecule has 0 aliphatic heterocycles. The Morgan fingerprint density at radius 3 is 2.84 bits per heavy atom. The van der Waals surface area contributed by atoms with Crippen molar-refractivity contribution in [3.63, 3.8) is 0 Å². The summed E-state index contributed by atoms with van der Waals surface area (Å²) in [4.78, 5) is 1.44. The van der Waals surface area contributed by atoms with E-state index in [1.165, 1.54) is 16.5 Å². The second-order valence-electron chi connectivity index (χ2n) is 4.13. The minimum absolute atomic E-state index is 0.206. The monoisotopic (exact) mass is 294 g/mol. The average molecular weight is 294 g/mol. The van der Waals surface area contributed by atoms with E-state index in [0.717, 1.165) is 6.42 Å². The van der Waals surface area contributed by atoms with Gasteiger partial charge in [-0.05, 0) is 41.6 Å². The van der Waals surface area contributed by atoms with Crippen LogP contribution in [0.25, 0.3) is 0 Å². The van der Waals surface area contributed by atoms with E-state index in [1.807, 2.05) is 0 Å². The number of benzene rings is 1. The van der Waals surface area contributed by atoms with Crippen LogP contribution in [0.3, 0.4) is 0 Å². The molecule has 1 aromatic carbocycles. The van der Waals surface area contributed by atoms with Gasteiger partial charge < -0.3 is 11.1 Å². The predicted octanol–water partition coefficient (Wildman–Crippen LogP) is 3.70. The van der Waals surface area contributed by atoms with Crippen molar-refractivity contribution in [2.24, 2.45) is 5.73 Å². The number of nitrogens with two attached hydrogens (primary N) is 1. The molecule has 2 nitrogen and oxygen atoms in total. The summed E-state index contributed by atoms with van der Waals surface area (Å²) in [5, 5.41) is 5.17. The third-order valence-electron chi connectivity index (χ3n) is 2.91. The molecule has 0 aliphatic rings. The molecule has 0 fully saturated rings. The number of anilines is 1. The molecule has 0 spiro atoms. The lowest BCUT2D eigenvalue weighted by molar-refractivity contribution is 0.630. The second kappa shape index (κ2) is 6.12. The number of halogens is 1. The fraction of sp³-hybridized carbons (Fsp3) is 0.214. The van der Waals surface area contributed by atoms with Gasteiger partial charge in [-0.25, -0.2) is 4.39 Å². The first kappa shape index (κ1) is 14.0. The molecule has 0 saturated carbocycles. The summed E-state index contributed by atoms with van der Waals surface area (Å²) in [5.41, 5.74) is 7.78. The normalized spacial score (nSPS) is 10.4. The molecular formula is C14H15FN2S2. The molecule has 2 aromatic rings. The van der Waals surface area contributed by atoms with Crippen molar-refractivity contribution >= 4 is 34.2 Å². The van der Waals surface area contributed by atoms with Crippen molar-refractivity contribution in [3.05, 3.63) is 51.5 Å². The minimum atomic E-state index is -0.333. The first-order valence-corrected chi connectivity index (χ1v) is 7.29. The molecule has 0 saturated heterocycles. The van der Waals surface area contributed by atoms with Crippen LogP contribution >= 0.6 is 23.6 Å². The molecule has 3 N–H and O–H groups in total. The molecule has 0 aliphatic carbocycles. The SMILES string of the molecule is CCc1ccsc1CNc1ccc(C(N)=S)cc1F. The van der Waals surface area contributed by atoms with Gasteiger partial charge in [0, 0.05) is 17.0 Å². The molecule has 1 heterocycles. The number of nitrogens with one attached hydrogen (secondary N) is 1. The Hall–Kier alpha value is -1.46. The molecule has 0 bridgehead atoms. The smallest absolute Gasteiger partial charge is 0.146 e. The zero-order valence-electron chi connectivity index (χ0n) is 10.6. The Kier molecular flexibility index (Phi) is 4.50. The fourth-order valence-corrected chi connectivity index (χ4v) is 2.87. The fourth-order valence-electron chi connectivity index (χ4n) is 1.82. The molecule has 0 atom stereocenters. The Bertz CT molecular complexity index is 593. The summed E-state index contributed by atoms with van der Waals surface area (Å²) in [7, 11) is 0. The minimum Gasteiger partial charge on any atom is -0.389 e. The highest BCUT2D eigenvalue weighted by molar-refractivity contribution is 7.80. The molecule has 0 radical (unpaired) electrons. The lowest BCUT2D eigenvalue weighted by atomic mass is 10.2. The highest BCUT2D eigenvalue weighted by Crippen LogP contribution is 2.21. The molecule has 100 valence electrons. The van der Waals surface area contributed by atoms with Crippen molar-refractivity contribution in [1.82, 2.24) is 0 Å². The number of thiophene rings is 1. The summed E-state index contributed by atoms with van der Waals surface area (Å²) in [6.45, 7) is 2.74. The molecule has 0 amide bonds. The third-order valence-corrected chi connectivity index (χ3v) is 4.11. The molecular weight excluding hydrogens is 279 g/mol. The summed E-state index contributed by atoms with van der Waals surface area (Å²) < 4.78 is 13.8. The number of aryl methyl sites for hydroxylation is 1. The van der Waals surface area contributed by atoms with Crippen molar-refractivity contribution in [1.29, 1.82) is 0 Å². The number of hydrogen-bond acceptors (Lipinski definition) is 3. The molecule has 0 unspecified atom stereocenters. The highest BCUT2D eigenvalue weighted by Gasteiger charge is 2.07. The van der Waals surface area contributed by atoms with Crippen molar-refractivity contribution in [2.45, 2.75) is 19.9 Å². The maximum absolute atomic E-state index is 13.8. The van der Waals surface area contributed by atoms with Gasteiger partial charge in [-0.1, -0.05) is 19.1 Å². The quantitative estimate of drug-likeness (QED) is 0.826. The lowest BCUT2D eigenvalue weighted by Crippen LogP contribution is -2.10. The number of hydrogen-bond donors (Lipinski definition) is 2. The maximum atomic E-state index is 13.8. The summed E-state index contributed by atoms with van der Waals surface area (Å²) in [6.07, 6.45) is 0.989. The zero-order valence-corrected chi connectivity index (χ0v) is 12.2. The molecule has 1 aromatic heterocycles. The van der Waals surface area contributed by atoms with Crippen molar-refractivity contribution < 1.29 is 4.39 Å². The standard InChI is InChI=1S/C14H15FN2S2/c1-2-9-5-6-19-13(9)8-17-12-4-3-10(14(16)18)7-11(12)15/h3-7,17H,2,8H2,1H3,(H2,16,18). The van der Waals surface area contributed by atoms with E-state index >= 15 is 0 Å². The van der Waals surface area contributed by atoms with Gasteiger partial charge in [-0.2, -0.15) is 0 Å². The largest absolute Gasteiger partial charge is 0.389 e. The van der Waals surface area contributed by atoms with Crippen LogP contribution in [0.1, 0.15) is 22.9 Å². The first-order chi connectivity index (χ1) is 9.11. The van der Waals surface area contributed by atoms with E-state index in [4.69, 9.17) is 18.0 Å².